The molecule has 136 valence electrons. The number of thiazole rings is 1. The fourth-order valence-corrected chi connectivity index (χ4v) is 3.40. The van der Waals surface area contributed by atoms with Crippen LogP contribution >= 0.6 is 11.3 Å². The fraction of sp³-hybridized carbons (Fsp3) is 0.150. The largest absolute Gasteiger partial charge is 0.349 e. The number of carbonyl (C=O) groups excluding carboxylic acids is 2. The molecular weight excluding hydrogens is 365 g/mol. The van der Waals surface area contributed by atoms with Crippen LogP contribution in [0.4, 0.5) is 10.1 Å². The van der Waals surface area contributed by atoms with E-state index < -0.39 is 0 Å². The Morgan fingerprint density at radius 1 is 1.07 bits per heavy atom. The Morgan fingerprint density at radius 2 is 1.89 bits per heavy atom. The van der Waals surface area contributed by atoms with Crippen LogP contribution in [0.1, 0.15) is 32.9 Å². The molecule has 0 aliphatic heterocycles. The van der Waals surface area contributed by atoms with Gasteiger partial charge in [0.05, 0.1) is 6.20 Å². The molecule has 0 atom stereocenters. The molecule has 1 aromatic heterocycles. The van der Waals surface area contributed by atoms with Crippen molar-refractivity contribution in [2.24, 2.45) is 0 Å². The summed E-state index contributed by atoms with van der Waals surface area (Å²) in [6, 6.07) is 13.3. The van der Waals surface area contributed by atoms with E-state index in [1.54, 1.807) is 42.5 Å². The molecule has 7 heteroatoms. The number of hydrogen-bond donors (Lipinski definition) is 2. The number of rotatable bonds is 5. The average Bonchev–Trinajstić information content (AvgIpc) is 3.34. The second kappa shape index (κ2) is 7.28. The first-order chi connectivity index (χ1) is 13.1. The maximum atomic E-state index is 13.9. The van der Waals surface area contributed by atoms with Gasteiger partial charge >= 0.3 is 0 Å². The maximum absolute atomic E-state index is 13.9. The lowest BCUT2D eigenvalue weighted by molar-refractivity contribution is 0.0949. The molecule has 1 heterocycles. The van der Waals surface area contributed by atoms with Gasteiger partial charge in [-0.2, -0.15) is 0 Å². The van der Waals surface area contributed by atoms with Crippen LogP contribution in [0, 0.1) is 5.82 Å². The first-order valence-electron chi connectivity index (χ1n) is 8.53. The SMILES string of the molecule is O=C(NC1CC1)c1cccc(NC(=O)c2cnc(-c3ccccc3F)s2)c1. The Hall–Kier alpha value is -3.06. The molecular formula is C20H16FN3O2S. The van der Waals surface area contributed by atoms with Crippen molar-refractivity contribution in [2.45, 2.75) is 18.9 Å². The fourth-order valence-electron chi connectivity index (χ4n) is 2.57. The molecule has 1 aliphatic rings. The lowest BCUT2D eigenvalue weighted by Crippen LogP contribution is -2.25. The van der Waals surface area contributed by atoms with E-state index in [1.807, 2.05) is 0 Å². The number of hydrogen-bond acceptors (Lipinski definition) is 4. The van der Waals surface area contributed by atoms with Crippen molar-refractivity contribution in [1.29, 1.82) is 0 Å². The van der Waals surface area contributed by atoms with E-state index in [-0.39, 0.29) is 23.7 Å². The molecule has 0 spiro atoms. The minimum Gasteiger partial charge on any atom is -0.349 e. The Balaban J connectivity index is 1.48. The summed E-state index contributed by atoms with van der Waals surface area (Å²) in [6.45, 7) is 0. The van der Waals surface area contributed by atoms with E-state index in [2.05, 4.69) is 15.6 Å². The van der Waals surface area contributed by atoms with Crippen LogP contribution in [0.2, 0.25) is 0 Å². The number of aromatic nitrogens is 1. The number of carbonyl (C=O) groups is 2. The minimum atomic E-state index is -0.381. The van der Waals surface area contributed by atoms with Gasteiger partial charge in [0.15, 0.2) is 0 Å². The lowest BCUT2D eigenvalue weighted by atomic mass is 10.2. The second-order valence-electron chi connectivity index (χ2n) is 6.29. The summed E-state index contributed by atoms with van der Waals surface area (Å²) in [4.78, 5) is 29.1. The highest BCUT2D eigenvalue weighted by molar-refractivity contribution is 7.17. The number of anilines is 1. The molecule has 2 N–H and O–H groups in total. The van der Waals surface area contributed by atoms with Gasteiger partial charge in [-0.05, 0) is 43.2 Å². The lowest BCUT2D eigenvalue weighted by Gasteiger charge is -2.07. The molecule has 0 unspecified atom stereocenters. The number of benzene rings is 2. The molecule has 27 heavy (non-hydrogen) atoms. The van der Waals surface area contributed by atoms with Gasteiger partial charge in [0, 0.05) is 22.9 Å². The van der Waals surface area contributed by atoms with E-state index >= 15 is 0 Å². The van der Waals surface area contributed by atoms with Crippen LogP contribution in [0.5, 0.6) is 0 Å². The summed E-state index contributed by atoms with van der Waals surface area (Å²) in [7, 11) is 0. The van der Waals surface area contributed by atoms with Gasteiger partial charge in [0.25, 0.3) is 11.8 Å². The van der Waals surface area contributed by atoms with Crippen molar-refractivity contribution in [1.82, 2.24) is 10.3 Å². The predicted molar refractivity (Wildman–Crippen MR) is 102 cm³/mol. The van der Waals surface area contributed by atoms with Crippen LogP contribution in [0.15, 0.2) is 54.7 Å². The molecule has 5 nitrogen and oxygen atoms in total. The minimum absolute atomic E-state index is 0.145. The standard InChI is InChI=1S/C20H16FN3O2S/c21-16-7-2-1-6-15(16)20-22-11-17(27-20)19(26)24-14-5-3-4-12(10-14)18(25)23-13-8-9-13/h1-7,10-11,13H,8-9H2,(H,23,25)(H,24,26). The molecule has 0 radical (unpaired) electrons. The number of nitrogens with zero attached hydrogens (tertiary/aromatic N) is 1. The highest BCUT2D eigenvalue weighted by Crippen LogP contribution is 2.28. The van der Waals surface area contributed by atoms with Crippen LogP contribution in [-0.4, -0.2) is 22.8 Å². The monoisotopic (exact) mass is 381 g/mol. The Morgan fingerprint density at radius 3 is 2.67 bits per heavy atom. The molecule has 1 aliphatic carbocycles. The van der Waals surface area contributed by atoms with Crippen molar-refractivity contribution in [3.05, 3.63) is 71.0 Å². The summed E-state index contributed by atoms with van der Waals surface area (Å²) in [5, 5.41) is 6.11. The number of halogens is 1. The second-order valence-corrected chi connectivity index (χ2v) is 7.32. The molecule has 2 amide bonds. The average molecular weight is 381 g/mol. The molecule has 0 saturated heterocycles. The molecule has 0 bridgehead atoms. The van der Waals surface area contributed by atoms with Gasteiger partial charge in [-0.1, -0.05) is 18.2 Å². The van der Waals surface area contributed by atoms with Gasteiger partial charge in [0.2, 0.25) is 0 Å². The number of amides is 2. The smallest absolute Gasteiger partial charge is 0.267 e. The van der Waals surface area contributed by atoms with E-state index in [4.69, 9.17) is 0 Å². The molecule has 2 aromatic carbocycles. The first-order valence-corrected chi connectivity index (χ1v) is 9.35. The third kappa shape index (κ3) is 4.03. The van der Waals surface area contributed by atoms with Gasteiger partial charge in [-0.25, -0.2) is 9.37 Å². The summed E-state index contributed by atoms with van der Waals surface area (Å²) < 4.78 is 13.9. The van der Waals surface area contributed by atoms with E-state index in [9.17, 15) is 14.0 Å². The van der Waals surface area contributed by atoms with Gasteiger partial charge in [0.1, 0.15) is 15.7 Å². The predicted octanol–water partition coefficient (Wildman–Crippen LogP) is 4.09. The molecule has 4 rings (SSSR count). The summed E-state index contributed by atoms with van der Waals surface area (Å²) >= 11 is 1.11. The summed E-state index contributed by atoms with van der Waals surface area (Å²) in [5.74, 6) is -0.878. The first kappa shape index (κ1) is 17.4. The summed E-state index contributed by atoms with van der Waals surface area (Å²) in [5.41, 5.74) is 1.38. The highest BCUT2D eigenvalue weighted by Gasteiger charge is 2.24. The van der Waals surface area contributed by atoms with Gasteiger partial charge in [-0.15, -0.1) is 11.3 Å². The Bertz CT molecular complexity index is 1010. The molecule has 1 fully saturated rings. The van der Waals surface area contributed by atoms with Gasteiger partial charge < -0.3 is 10.6 Å². The van der Waals surface area contributed by atoms with Crippen LogP contribution in [0.25, 0.3) is 10.6 Å². The van der Waals surface area contributed by atoms with E-state index in [1.165, 1.54) is 12.3 Å². The zero-order chi connectivity index (χ0) is 18.8. The number of nitrogens with one attached hydrogen (secondary N) is 2. The van der Waals surface area contributed by atoms with Crippen molar-refractivity contribution in [2.75, 3.05) is 5.32 Å². The van der Waals surface area contributed by atoms with E-state index in [0.717, 1.165) is 24.2 Å². The quantitative estimate of drug-likeness (QED) is 0.699. The zero-order valence-electron chi connectivity index (χ0n) is 14.2. The van der Waals surface area contributed by atoms with Crippen LogP contribution < -0.4 is 10.6 Å². The molecule has 1 saturated carbocycles. The van der Waals surface area contributed by atoms with Crippen LogP contribution in [0.3, 0.4) is 0 Å². The third-order valence-electron chi connectivity index (χ3n) is 4.13. The van der Waals surface area contributed by atoms with Crippen molar-refractivity contribution in [3.63, 3.8) is 0 Å². The molecule has 3 aromatic rings. The van der Waals surface area contributed by atoms with Crippen LogP contribution in [-0.2, 0) is 0 Å². The van der Waals surface area contributed by atoms with Crippen molar-refractivity contribution >= 4 is 28.8 Å². The summed E-state index contributed by atoms with van der Waals surface area (Å²) in [6.07, 6.45) is 3.45. The topological polar surface area (TPSA) is 71.1 Å². The zero-order valence-corrected chi connectivity index (χ0v) is 15.1. The highest BCUT2D eigenvalue weighted by atomic mass is 32.1. The van der Waals surface area contributed by atoms with Crippen molar-refractivity contribution in [3.8, 4) is 10.6 Å². The Kier molecular flexibility index (Phi) is 4.68. The van der Waals surface area contributed by atoms with E-state index in [0.29, 0.717) is 26.7 Å². The maximum Gasteiger partial charge on any atom is 0.267 e. The van der Waals surface area contributed by atoms with Gasteiger partial charge in [-0.3, -0.25) is 9.59 Å². The normalized spacial score (nSPS) is 13.2. The third-order valence-corrected chi connectivity index (χ3v) is 5.16. The Labute approximate surface area is 159 Å². The van der Waals surface area contributed by atoms with Crippen molar-refractivity contribution < 1.29 is 14.0 Å².